The molecule has 22 heavy (non-hydrogen) atoms. The zero-order chi connectivity index (χ0) is 15.4. The van der Waals surface area contributed by atoms with Crippen LogP contribution in [0.5, 0.6) is 0 Å². The van der Waals surface area contributed by atoms with Gasteiger partial charge in [-0.2, -0.15) is 0 Å². The van der Waals surface area contributed by atoms with Crippen LogP contribution in [0.25, 0.3) is 0 Å². The van der Waals surface area contributed by atoms with Gasteiger partial charge >= 0.3 is 0 Å². The van der Waals surface area contributed by atoms with E-state index >= 15 is 0 Å². The smallest absolute Gasteiger partial charge is 0.147 e. The second-order valence-electron chi connectivity index (χ2n) is 5.42. The Morgan fingerprint density at radius 2 is 1.82 bits per heavy atom. The molecule has 0 aliphatic carbocycles. The zero-order valence-electron chi connectivity index (χ0n) is 12.3. The molecule has 1 N–H and O–H groups in total. The van der Waals surface area contributed by atoms with Crippen LogP contribution in [-0.4, -0.2) is 52.7 Å². The summed E-state index contributed by atoms with van der Waals surface area (Å²) in [6.07, 6.45) is 4.70. The van der Waals surface area contributed by atoms with E-state index in [0.29, 0.717) is 11.6 Å². The molecule has 0 bridgehead atoms. The van der Waals surface area contributed by atoms with Gasteiger partial charge in [-0.15, -0.1) is 0 Å². The van der Waals surface area contributed by atoms with Crippen molar-refractivity contribution in [2.75, 3.05) is 37.6 Å². The van der Waals surface area contributed by atoms with E-state index in [0.717, 1.165) is 37.6 Å². The van der Waals surface area contributed by atoms with Crippen molar-refractivity contribution in [2.45, 2.75) is 6.10 Å². The van der Waals surface area contributed by atoms with Crippen molar-refractivity contribution in [1.82, 2.24) is 14.9 Å². The Hall–Kier alpha value is -1.69. The molecule has 1 aliphatic rings. The van der Waals surface area contributed by atoms with E-state index in [4.69, 9.17) is 11.6 Å². The molecular weight excluding hydrogens is 300 g/mol. The van der Waals surface area contributed by atoms with Gasteiger partial charge < -0.3 is 10.0 Å². The zero-order valence-corrected chi connectivity index (χ0v) is 13.0. The normalized spacial score (nSPS) is 17.5. The summed E-state index contributed by atoms with van der Waals surface area (Å²) in [5, 5.41) is 11.0. The summed E-state index contributed by atoms with van der Waals surface area (Å²) in [5.41, 5.74) is 0.903. The van der Waals surface area contributed by atoms with Crippen molar-refractivity contribution in [3.05, 3.63) is 53.4 Å². The number of aliphatic hydroxyl groups is 1. The number of nitrogens with zero attached hydrogens (tertiary/aromatic N) is 4. The third-order valence-electron chi connectivity index (χ3n) is 3.93. The van der Waals surface area contributed by atoms with Gasteiger partial charge in [-0.1, -0.05) is 23.7 Å². The lowest BCUT2D eigenvalue weighted by Crippen LogP contribution is -2.47. The van der Waals surface area contributed by atoms with Crippen LogP contribution in [0.2, 0.25) is 5.02 Å². The molecule has 1 saturated heterocycles. The standard InChI is InChI=1S/C16H19ClN4O/c17-14-3-1-13(2-4-14)15(22)12-20-7-9-21(10-8-20)16-11-18-5-6-19-16/h1-6,11,15,22H,7-10,12H2. The molecule has 0 amide bonds. The summed E-state index contributed by atoms with van der Waals surface area (Å²) in [5.74, 6) is 0.917. The third kappa shape index (κ3) is 3.74. The summed E-state index contributed by atoms with van der Waals surface area (Å²) in [6, 6.07) is 7.38. The van der Waals surface area contributed by atoms with E-state index in [2.05, 4.69) is 19.8 Å². The quantitative estimate of drug-likeness (QED) is 0.934. The molecule has 1 aliphatic heterocycles. The average Bonchev–Trinajstić information content (AvgIpc) is 2.57. The van der Waals surface area contributed by atoms with Gasteiger partial charge in [0, 0.05) is 50.1 Å². The second-order valence-corrected chi connectivity index (χ2v) is 5.86. The highest BCUT2D eigenvalue weighted by molar-refractivity contribution is 6.30. The number of piperazine rings is 1. The predicted molar refractivity (Wildman–Crippen MR) is 87.1 cm³/mol. The lowest BCUT2D eigenvalue weighted by atomic mass is 10.1. The molecule has 116 valence electrons. The molecule has 0 saturated carbocycles. The van der Waals surface area contributed by atoms with Crippen LogP contribution in [0.1, 0.15) is 11.7 Å². The fraction of sp³-hybridized carbons (Fsp3) is 0.375. The van der Waals surface area contributed by atoms with Crippen molar-refractivity contribution in [1.29, 1.82) is 0 Å². The second kappa shape index (κ2) is 7.05. The highest BCUT2D eigenvalue weighted by Crippen LogP contribution is 2.19. The van der Waals surface area contributed by atoms with Gasteiger partial charge in [0.05, 0.1) is 12.3 Å². The highest BCUT2D eigenvalue weighted by Gasteiger charge is 2.20. The number of benzene rings is 1. The molecule has 1 atom stereocenters. The number of aromatic nitrogens is 2. The Bertz CT molecular complexity index is 585. The first-order valence-corrected chi connectivity index (χ1v) is 7.77. The number of β-amino-alcohol motifs (C(OH)–C–C–N with tert-alkyl or cyclic N) is 1. The third-order valence-corrected chi connectivity index (χ3v) is 4.18. The molecule has 1 unspecified atom stereocenters. The molecule has 2 aromatic rings. The largest absolute Gasteiger partial charge is 0.387 e. The summed E-state index contributed by atoms with van der Waals surface area (Å²) < 4.78 is 0. The van der Waals surface area contributed by atoms with Crippen molar-refractivity contribution in [3.63, 3.8) is 0 Å². The van der Waals surface area contributed by atoms with Crippen LogP contribution in [0.15, 0.2) is 42.9 Å². The number of aliphatic hydroxyl groups excluding tert-OH is 1. The maximum absolute atomic E-state index is 10.3. The maximum atomic E-state index is 10.3. The molecule has 6 heteroatoms. The first-order valence-electron chi connectivity index (χ1n) is 7.39. The molecule has 1 fully saturated rings. The minimum Gasteiger partial charge on any atom is -0.387 e. The first-order chi connectivity index (χ1) is 10.7. The molecule has 2 heterocycles. The average molecular weight is 319 g/mol. The summed E-state index contributed by atoms with van der Waals surface area (Å²) in [7, 11) is 0. The topological polar surface area (TPSA) is 52.5 Å². The SMILES string of the molecule is OC(CN1CCN(c2cnccn2)CC1)c1ccc(Cl)cc1. The molecular formula is C16H19ClN4O. The van der Waals surface area contributed by atoms with Gasteiger partial charge in [0.25, 0.3) is 0 Å². The Kier molecular flexibility index (Phi) is 4.87. The molecule has 0 radical (unpaired) electrons. The number of hydrogen-bond donors (Lipinski definition) is 1. The highest BCUT2D eigenvalue weighted by atomic mass is 35.5. The summed E-state index contributed by atoms with van der Waals surface area (Å²) in [6.45, 7) is 4.23. The van der Waals surface area contributed by atoms with Crippen molar-refractivity contribution in [3.8, 4) is 0 Å². The molecule has 5 nitrogen and oxygen atoms in total. The fourth-order valence-corrected chi connectivity index (χ4v) is 2.77. The fourth-order valence-electron chi connectivity index (χ4n) is 2.65. The Morgan fingerprint density at radius 3 is 2.45 bits per heavy atom. The Balaban J connectivity index is 1.52. The Morgan fingerprint density at radius 1 is 1.09 bits per heavy atom. The van der Waals surface area contributed by atoms with E-state index in [1.54, 1.807) is 18.6 Å². The number of halogens is 1. The number of hydrogen-bond acceptors (Lipinski definition) is 5. The molecule has 0 spiro atoms. The summed E-state index contributed by atoms with van der Waals surface area (Å²) in [4.78, 5) is 12.9. The van der Waals surface area contributed by atoms with Crippen molar-refractivity contribution in [2.24, 2.45) is 0 Å². The lowest BCUT2D eigenvalue weighted by Gasteiger charge is -2.36. The minimum absolute atomic E-state index is 0.486. The van der Waals surface area contributed by atoms with E-state index in [-0.39, 0.29) is 0 Å². The van der Waals surface area contributed by atoms with Gasteiger partial charge in [0.1, 0.15) is 5.82 Å². The number of rotatable bonds is 4. The molecule has 1 aromatic carbocycles. The monoisotopic (exact) mass is 318 g/mol. The van der Waals surface area contributed by atoms with Gasteiger partial charge in [-0.05, 0) is 17.7 Å². The van der Waals surface area contributed by atoms with Gasteiger partial charge in [-0.25, -0.2) is 4.98 Å². The van der Waals surface area contributed by atoms with Gasteiger partial charge in [0.2, 0.25) is 0 Å². The van der Waals surface area contributed by atoms with Crippen molar-refractivity contribution < 1.29 is 5.11 Å². The number of anilines is 1. The maximum Gasteiger partial charge on any atom is 0.147 e. The summed E-state index contributed by atoms with van der Waals surface area (Å²) >= 11 is 5.87. The van der Waals surface area contributed by atoms with Crippen LogP contribution in [0.3, 0.4) is 0 Å². The van der Waals surface area contributed by atoms with Crippen LogP contribution in [0, 0.1) is 0 Å². The first kappa shape index (κ1) is 15.2. The molecule has 1 aromatic heterocycles. The van der Waals surface area contributed by atoms with Crippen molar-refractivity contribution >= 4 is 17.4 Å². The van der Waals surface area contributed by atoms with Crippen LogP contribution >= 0.6 is 11.6 Å². The lowest BCUT2D eigenvalue weighted by molar-refractivity contribution is 0.109. The minimum atomic E-state index is -0.486. The van der Waals surface area contributed by atoms with Crippen LogP contribution < -0.4 is 4.90 Å². The van der Waals surface area contributed by atoms with Gasteiger partial charge in [-0.3, -0.25) is 9.88 Å². The Labute approximate surface area is 135 Å². The van der Waals surface area contributed by atoms with Crippen LogP contribution in [-0.2, 0) is 0 Å². The van der Waals surface area contributed by atoms with E-state index in [1.165, 1.54) is 0 Å². The molecule has 3 rings (SSSR count). The van der Waals surface area contributed by atoms with E-state index < -0.39 is 6.10 Å². The van der Waals surface area contributed by atoms with Gasteiger partial charge in [0.15, 0.2) is 0 Å². The van der Waals surface area contributed by atoms with E-state index in [1.807, 2.05) is 24.3 Å². The van der Waals surface area contributed by atoms with Crippen LogP contribution in [0.4, 0.5) is 5.82 Å². The predicted octanol–water partition coefficient (Wildman–Crippen LogP) is 1.99. The van der Waals surface area contributed by atoms with E-state index in [9.17, 15) is 5.11 Å².